The van der Waals surface area contributed by atoms with E-state index in [1.807, 2.05) is 26.2 Å². The average molecular weight is 364 g/mol. The number of hydrogen-bond donors (Lipinski definition) is 1. The van der Waals surface area contributed by atoms with Crippen LogP contribution in [-0.4, -0.2) is 16.1 Å². The highest BCUT2D eigenvalue weighted by atomic mass is 16.4. The number of benzene rings is 2. The first kappa shape index (κ1) is 22.1. The Bertz CT molecular complexity index is 809. The van der Waals surface area contributed by atoms with Crippen LogP contribution in [0.1, 0.15) is 55.1 Å². The van der Waals surface area contributed by atoms with Gasteiger partial charge in [0.25, 0.3) is 0 Å². The van der Waals surface area contributed by atoms with Gasteiger partial charge in [0.05, 0.1) is 5.56 Å². The highest BCUT2D eigenvalue weighted by Crippen LogP contribution is 2.22. The maximum atomic E-state index is 10.2. The van der Waals surface area contributed by atoms with Gasteiger partial charge in [0.2, 0.25) is 0 Å². The minimum atomic E-state index is -0.879. The number of hydrogen-bond acceptors (Lipinski definition) is 2. The largest absolute Gasteiger partial charge is 0.478 e. The van der Waals surface area contributed by atoms with Gasteiger partial charge in [0, 0.05) is 18.0 Å². The summed E-state index contributed by atoms with van der Waals surface area (Å²) in [5, 5.41) is 8.38. The molecule has 142 valence electrons. The predicted octanol–water partition coefficient (Wildman–Crippen LogP) is 6.59. The van der Waals surface area contributed by atoms with Gasteiger partial charge in [0.1, 0.15) is 0 Å². The Morgan fingerprint density at radius 1 is 0.889 bits per heavy atom. The Morgan fingerprint density at radius 3 is 1.93 bits per heavy atom. The number of rotatable bonds is 3. The molecule has 3 rings (SSSR count). The van der Waals surface area contributed by atoms with Crippen molar-refractivity contribution in [2.24, 2.45) is 0 Å². The standard InChI is InChI=1S/C15H17N.C7H6O2.C2H6/c1-11(2)13-4-6-14(7-5-13)15-8-12(3)9-16-10-15;8-7(9)6-4-2-1-3-5-6;1-2/h4-11H,1-3H3;1-5H,(H,8,9);1-2H3. The highest BCUT2D eigenvalue weighted by Gasteiger charge is 2.01. The van der Waals surface area contributed by atoms with E-state index in [1.165, 1.54) is 22.3 Å². The minimum absolute atomic E-state index is 0.331. The second-order valence-corrected chi connectivity index (χ2v) is 6.20. The summed E-state index contributed by atoms with van der Waals surface area (Å²) in [4.78, 5) is 14.4. The van der Waals surface area contributed by atoms with Crippen LogP contribution in [0.2, 0.25) is 0 Å². The van der Waals surface area contributed by atoms with Crippen LogP contribution < -0.4 is 0 Å². The summed E-state index contributed by atoms with van der Waals surface area (Å²) < 4.78 is 0. The Hall–Kier alpha value is -2.94. The van der Waals surface area contributed by atoms with E-state index >= 15 is 0 Å². The van der Waals surface area contributed by atoms with Crippen molar-refractivity contribution in [1.29, 1.82) is 0 Å². The van der Waals surface area contributed by atoms with E-state index in [1.54, 1.807) is 30.3 Å². The molecule has 1 aromatic heterocycles. The number of carbonyl (C=O) groups is 1. The molecule has 0 spiro atoms. The summed E-state index contributed by atoms with van der Waals surface area (Å²) in [6, 6.07) is 19.2. The number of aryl methyl sites for hydroxylation is 1. The summed E-state index contributed by atoms with van der Waals surface area (Å²) in [7, 11) is 0. The first-order chi connectivity index (χ1) is 13.0. The lowest BCUT2D eigenvalue weighted by atomic mass is 9.99. The molecule has 3 aromatic rings. The van der Waals surface area contributed by atoms with E-state index in [0.29, 0.717) is 11.5 Å². The third-order valence-corrected chi connectivity index (χ3v) is 3.81. The van der Waals surface area contributed by atoms with Gasteiger partial charge in [-0.1, -0.05) is 70.2 Å². The smallest absolute Gasteiger partial charge is 0.335 e. The number of aromatic nitrogens is 1. The second-order valence-electron chi connectivity index (χ2n) is 6.20. The highest BCUT2D eigenvalue weighted by molar-refractivity contribution is 5.87. The van der Waals surface area contributed by atoms with Crippen molar-refractivity contribution < 1.29 is 9.90 Å². The van der Waals surface area contributed by atoms with Gasteiger partial charge in [-0.2, -0.15) is 0 Å². The fraction of sp³-hybridized carbons (Fsp3) is 0.250. The summed E-state index contributed by atoms with van der Waals surface area (Å²) in [6.07, 6.45) is 3.80. The molecule has 0 bridgehead atoms. The molecule has 0 atom stereocenters. The average Bonchev–Trinajstić information content (AvgIpc) is 2.71. The van der Waals surface area contributed by atoms with Crippen LogP contribution >= 0.6 is 0 Å². The van der Waals surface area contributed by atoms with E-state index in [0.717, 1.165) is 0 Å². The van der Waals surface area contributed by atoms with Crippen molar-refractivity contribution in [1.82, 2.24) is 4.98 Å². The van der Waals surface area contributed by atoms with Gasteiger partial charge < -0.3 is 5.11 Å². The molecule has 0 aliphatic carbocycles. The molecule has 3 heteroatoms. The Kier molecular flexibility index (Phi) is 9.52. The van der Waals surface area contributed by atoms with E-state index in [9.17, 15) is 4.79 Å². The fourth-order valence-corrected chi connectivity index (χ4v) is 2.35. The molecule has 0 saturated carbocycles. The van der Waals surface area contributed by atoms with Crippen molar-refractivity contribution in [2.45, 2.75) is 40.5 Å². The third kappa shape index (κ3) is 7.45. The Morgan fingerprint density at radius 2 is 1.48 bits per heavy atom. The van der Waals surface area contributed by atoms with Crippen molar-refractivity contribution >= 4 is 5.97 Å². The van der Waals surface area contributed by atoms with Gasteiger partial charge in [-0.15, -0.1) is 0 Å². The molecule has 0 unspecified atom stereocenters. The molecule has 1 heterocycles. The summed E-state index contributed by atoms with van der Waals surface area (Å²) in [5.41, 5.74) is 5.34. The van der Waals surface area contributed by atoms with Gasteiger partial charge in [0.15, 0.2) is 0 Å². The maximum Gasteiger partial charge on any atom is 0.335 e. The van der Waals surface area contributed by atoms with Crippen LogP contribution in [0.4, 0.5) is 0 Å². The zero-order chi connectivity index (χ0) is 20.2. The van der Waals surface area contributed by atoms with Crippen molar-refractivity contribution in [3.05, 3.63) is 89.7 Å². The summed E-state index contributed by atoms with van der Waals surface area (Å²) in [5.74, 6) is -0.291. The molecule has 2 aromatic carbocycles. The first-order valence-electron chi connectivity index (χ1n) is 9.27. The molecular formula is C24H29NO2. The summed E-state index contributed by atoms with van der Waals surface area (Å²) in [6.45, 7) is 10.5. The van der Waals surface area contributed by atoms with Gasteiger partial charge in [-0.3, -0.25) is 4.98 Å². The van der Waals surface area contributed by atoms with E-state index in [4.69, 9.17) is 5.11 Å². The number of pyridine rings is 1. The number of carboxylic acids is 1. The van der Waals surface area contributed by atoms with Crippen molar-refractivity contribution in [2.75, 3.05) is 0 Å². The molecule has 0 radical (unpaired) electrons. The lowest BCUT2D eigenvalue weighted by molar-refractivity contribution is 0.0697. The molecule has 0 saturated heterocycles. The minimum Gasteiger partial charge on any atom is -0.478 e. The van der Waals surface area contributed by atoms with Crippen LogP contribution in [0.15, 0.2) is 73.1 Å². The lowest BCUT2D eigenvalue weighted by Gasteiger charge is -2.07. The van der Waals surface area contributed by atoms with Crippen LogP contribution in [0.5, 0.6) is 0 Å². The maximum absolute atomic E-state index is 10.2. The molecule has 1 N–H and O–H groups in total. The van der Waals surface area contributed by atoms with E-state index in [-0.39, 0.29) is 0 Å². The number of carboxylic acid groups (broad SMARTS) is 1. The normalized spacial score (nSPS) is 9.56. The summed E-state index contributed by atoms with van der Waals surface area (Å²) >= 11 is 0. The van der Waals surface area contributed by atoms with Gasteiger partial charge >= 0.3 is 5.97 Å². The first-order valence-corrected chi connectivity index (χ1v) is 9.27. The fourth-order valence-electron chi connectivity index (χ4n) is 2.35. The van der Waals surface area contributed by atoms with Crippen molar-refractivity contribution in [3.63, 3.8) is 0 Å². The van der Waals surface area contributed by atoms with Gasteiger partial charge in [-0.05, 0) is 47.7 Å². The second kappa shape index (κ2) is 11.6. The van der Waals surface area contributed by atoms with Crippen molar-refractivity contribution in [3.8, 4) is 11.1 Å². The number of aromatic carboxylic acids is 1. The van der Waals surface area contributed by atoms with Crippen LogP contribution in [0.25, 0.3) is 11.1 Å². The van der Waals surface area contributed by atoms with E-state index < -0.39 is 5.97 Å². The quantitative estimate of drug-likeness (QED) is 0.571. The molecule has 3 nitrogen and oxygen atoms in total. The Labute approximate surface area is 162 Å². The topological polar surface area (TPSA) is 50.2 Å². The molecular weight excluding hydrogens is 334 g/mol. The molecule has 0 amide bonds. The molecule has 27 heavy (non-hydrogen) atoms. The van der Waals surface area contributed by atoms with Crippen LogP contribution in [-0.2, 0) is 0 Å². The van der Waals surface area contributed by atoms with Gasteiger partial charge in [-0.25, -0.2) is 4.79 Å². The lowest BCUT2D eigenvalue weighted by Crippen LogP contribution is -1.93. The molecule has 0 aliphatic rings. The predicted molar refractivity (Wildman–Crippen MR) is 113 cm³/mol. The van der Waals surface area contributed by atoms with E-state index in [2.05, 4.69) is 56.1 Å². The molecule has 0 fully saturated rings. The molecule has 0 aliphatic heterocycles. The van der Waals surface area contributed by atoms with Crippen LogP contribution in [0, 0.1) is 6.92 Å². The zero-order valence-corrected chi connectivity index (χ0v) is 16.8. The van der Waals surface area contributed by atoms with Crippen LogP contribution in [0.3, 0.4) is 0 Å². The monoisotopic (exact) mass is 363 g/mol. The Balaban J connectivity index is 0.000000282. The third-order valence-electron chi connectivity index (χ3n) is 3.81. The number of nitrogens with zero attached hydrogens (tertiary/aromatic N) is 1. The zero-order valence-electron chi connectivity index (χ0n) is 16.8. The SMILES string of the molecule is CC.Cc1cncc(-c2ccc(C(C)C)cc2)c1.O=C(O)c1ccccc1.